The molecule has 0 spiro atoms. The van der Waals surface area contributed by atoms with E-state index in [0.29, 0.717) is 6.42 Å². The zero-order valence-corrected chi connectivity index (χ0v) is 16.8. The molecule has 0 saturated carbocycles. The molecule has 0 fully saturated rings. The minimum absolute atomic E-state index is 0.340. The normalized spacial score (nSPS) is 11.1. The Bertz CT molecular complexity index is 418. The summed E-state index contributed by atoms with van der Waals surface area (Å²) in [5, 5.41) is 8.57. The molecule has 0 aliphatic rings. The molecular weight excluding hydrogens is 324 g/mol. The molecule has 0 saturated heterocycles. The Kier molecular flexibility index (Phi) is 15.0. The van der Waals surface area contributed by atoms with E-state index in [1.807, 2.05) is 12.5 Å². The molecule has 0 amide bonds. The summed E-state index contributed by atoms with van der Waals surface area (Å²) in [6.45, 7) is 1.14. The summed E-state index contributed by atoms with van der Waals surface area (Å²) in [6, 6.07) is 0. The molecule has 4 heteroatoms. The van der Waals surface area contributed by atoms with Gasteiger partial charge in [-0.25, -0.2) is 4.57 Å². The van der Waals surface area contributed by atoms with Gasteiger partial charge in [0.05, 0.1) is 6.54 Å². The first-order chi connectivity index (χ1) is 12.8. The molecule has 2 N–H and O–H groups in total. The summed E-state index contributed by atoms with van der Waals surface area (Å²) in [7, 11) is 0. The lowest BCUT2D eigenvalue weighted by molar-refractivity contribution is -0.696. The molecule has 0 radical (unpaired) electrons. The number of hydrogen-bond acceptors (Lipinski definition) is 1. The van der Waals surface area contributed by atoms with Gasteiger partial charge in [0.15, 0.2) is 0 Å². The highest BCUT2D eigenvalue weighted by atomic mass is 16.4. The molecule has 4 nitrogen and oxygen atoms in total. The summed E-state index contributed by atoms with van der Waals surface area (Å²) in [4.78, 5) is 13.5. The summed E-state index contributed by atoms with van der Waals surface area (Å²) < 4.78 is 2.22. The number of nitrogens with one attached hydrogen (secondary N) is 1. The Balaban J connectivity index is 1.66. The first kappa shape index (κ1) is 22.7. The number of nitrogens with zero attached hydrogens (tertiary/aromatic N) is 1. The average molecular weight is 366 g/mol. The number of H-pyrrole nitrogens is 1. The van der Waals surface area contributed by atoms with Gasteiger partial charge in [-0.15, -0.1) is 0 Å². The van der Waals surface area contributed by atoms with Crippen LogP contribution in [0.2, 0.25) is 0 Å². The van der Waals surface area contributed by atoms with Crippen molar-refractivity contribution in [1.82, 2.24) is 4.98 Å². The van der Waals surface area contributed by atoms with Gasteiger partial charge in [0.1, 0.15) is 12.4 Å². The van der Waals surface area contributed by atoms with Crippen LogP contribution < -0.4 is 4.57 Å². The Morgan fingerprint density at radius 1 is 0.692 bits per heavy atom. The van der Waals surface area contributed by atoms with Gasteiger partial charge in [-0.2, -0.15) is 0 Å². The van der Waals surface area contributed by atoms with E-state index in [-0.39, 0.29) is 0 Å². The van der Waals surface area contributed by atoms with E-state index in [1.54, 1.807) is 0 Å². The molecule has 0 bridgehead atoms. The van der Waals surface area contributed by atoms with Crippen molar-refractivity contribution in [3.8, 4) is 0 Å². The number of carboxylic acid groups (broad SMARTS) is 1. The van der Waals surface area contributed by atoms with Crippen LogP contribution in [0.5, 0.6) is 0 Å². The zero-order valence-electron chi connectivity index (χ0n) is 16.8. The van der Waals surface area contributed by atoms with E-state index in [0.717, 1.165) is 19.4 Å². The van der Waals surface area contributed by atoms with Crippen LogP contribution in [0, 0.1) is 0 Å². The molecule has 150 valence electrons. The maximum absolute atomic E-state index is 10.4. The SMILES string of the molecule is O=C(O)CCCCCCCCCCCCCCCCCC[n+]1cc[nH]c1. The van der Waals surface area contributed by atoms with Crippen molar-refractivity contribution in [3.05, 3.63) is 18.7 Å². The predicted octanol–water partition coefficient (Wildman–Crippen LogP) is 6.02. The lowest BCUT2D eigenvalue weighted by Gasteiger charge is -2.03. The zero-order chi connectivity index (χ0) is 18.7. The average Bonchev–Trinajstić information content (AvgIpc) is 3.14. The first-order valence-corrected chi connectivity index (χ1v) is 11.0. The lowest BCUT2D eigenvalue weighted by Crippen LogP contribution is -2.30. The Morgan fingerprint density at radius 2 is 1.12 bits per heavy atom. The fourth-order valence-corrected chi connectivity index (χ4v) is 3.51. The third-order valence-corrected chi connectivity index (χ3v) is 5.16. The molecule has 0 aliphatic heterocycles. The summed E-state index contributed by atoms with van der Waals surface area (Å²) in [5.74, 6) is -0.656. The molecule has 0 atom stereocenters. The van der Waals surface area contributed by atoms with Crippen molar-refractivity contribution in [2.24, 2.45) is 0 Å². The van der Waals surface area contributed by atoms with Crippen LogP contribution in [0.3, 0.4) is 0 Å². The summed E-state index contributed by atoms with van der Waals surface area (Å²) >= 11 is 0. The molecule has 26 heavy (non-hydrogen) atoms. The number of imidazole rings is 1. The highest BCUT2D eigenvalue weighted by Crippen LogP contribution is 2.14. The van der Waals surface area contributed by atoms with E-state index in [9.17, 15) is 4.79 Å². The fourth-order valence-electron chi connectivity index (χ4n) is 3.51. The van der Waals surface area contributed by atoms with E-state index in [1.165, 1.54) is 89.9 Å². The molecule has 1 aromatic heterocycles. The molecule has 0 aromatic carbocycles. The highest BCUT2D eigenvalue weighted by Gasteiger charge is 1.98. The number of carboxylic acids is 1. The van der Waals surface area contributed by atoms with Gasteiger partial charge in [-0.1, -0.05) is 83.5 Å². The highest BCUT2D eigenvalue weighted by molar-refractivity contribution is 5.66. The summed E-state index contributed by atoms with van der Waals surface area (Å²) in [6.07, 6.45) is 27.4. The van der Waals surface area contributed by atoms with Gasteiger partial charge >= 0.3 is 5.97 Å². The monoisotopic (exact) mass is 365 g/mol. The Hall–Kier alpha value is -1.32. The minimum atomic E-state index is -0.656. The van der Waals surface area contributed by atoms with Crippen molar-refractivity contribution in [2.45, 2.75) is 116 Å². The smallest absolute Gasteiger partial charge is 0.303 e. The van der Waals surface area contributed by atoms with Crippen LogP contribution >= 0.6 is 0 Å². The van der Waals surface area contributed by atoms with Crippen LogP contribution in [-0.4, -0.2) is 16.1 Å². The van der Waals surface area contributed by atoms with Crippen LogP contribution in [0.15, 0.2) is 18.7 Å². The van der Waals surface area contributed by atoms with Crippen molar-refractivity contribution in [3.63, 3.8) is 0 Å². The first-order valence-electron chi connectivity index (χ1n) is 11.0. The molecule has 0 aliphatic carbocycles. The maximum atomic E-state index is 10.4. The minimum Gasteiger partial charge on any atom is -0.481 e. The van der Waals surface area contributed by atoms with Crippen molar-refractivity contribution in [2.75, 3.05) is 0 Å². The van der Waals surface area contributed by atoms with Gasteiger partial charge in [0.2, 0.25) is 6.33 Å². The Labute approximate surface area is 160 Å². The molecule has 1 heterocycles. The van der Waals surface area contributed by atoms with Gasteiger partial charge in [-0.05, 0) is 19.3 Å². The number of aromatic amines is 1. The topological polar surface area (TPSA) is 57.0 Å². The van der Waals surface area contributed by atoms with Crippen molar-refractivity contribution < 1.29 is 14.5 Å². The second-order valence-corrected chi connectivity index (χ2v) is 7.65. The standard InChI is InChI=1S/C22H40N2O2/c25-22(26)17-15-13-11-9-7-5-3-1-2-4-6-8-10-12-14-16-19-24-20-18-23-21-24/h18,20-21H,1-17,19H2,(H,25,26)/p+1. The number of aliphatic carboxylic acids is 1. The molecule has 1 aromatic rings. The predicted molar refractivity (Wildman–Crippen MR) is 107 cm³/mol. The number of unbranched alkanes of at least 4 members (excludes halogenated alkanes) is 15. The van der Waals surface area contributed by atoms with E-state index >= 15 is 0 Å². The largest absolute Gasteiger partial charge is 0.481 e. The number of aromatic nitrogens is 2. The second-order valence-electron chi connectivity index (χ2n) is 7.65. The van der Waals surface area contributed by atoms with Crippen LogP contribution in [0.4, 0.5) is 0 Å². The maximum Gasteiger partial charge on any atom is 0.303 e. The van der Waals surface area contributed by atoms with E-state index in [2.05, 4.69) is 15.7 Å². The fraction of sp³-hybridized carbons (Fsp3) is 0.818. The Morgan fingerprint density at radius 3 is 1.50 bits per heavy atom. The third-order valence-electron chi connectivity index (χ3n) is 5.16. The number of carbonyl (C=O) groups is 1. The van der Waals surface area contributed by atoms with Crippen LogP contribution in [0.25, 0.3) is 0 Å². The van der Waals surface area contributed by atoms with Crippen molar-refractivity contribution in [1.29, 1.82) is 0 Å². The van der Waals surface area contributed by atoms with Gasteiger partial charge < -0.3 is 5.11 Å². The van der Waals surface area contributed by atoms with Crippen LogP contribution in [-0.2, 0) is 11.3 Å². The molecule has 0 unspecified atom stereocenters. The van der Waals surface area contributed by atoms with Crippen molar-refractivity contribution >= 4 is 5.97 Å². The van der Waals surface area contributed by atoms with E-state index < -0.39 is 5.97 Å². The lowest BCUT2D eigenvalue weighted by atomic mass is 10.0. The quantitative estimate of drug-likeness (QED) is 0.233. The summed E-state index contributed by atoms with van der Waals surface area (Å²) in [5.41, 5.74) is 0. The third kappa shape index (κ3) is 15.0. The number of hydrogen-bond donors (Lipinski definition) is 2. The number of aryl methyl sites for hydroxylation is 1. The molecule has 1 rings (SSSR count). The second kappa shape index (κ2) is 17.1. The van der Waals surface area contributed by atoms with Gasteiger partial charge in [-0.3, -0.25) is 9.78 Å². The van der Waals surface area contributed by atoms with Gasteiger partial charge in [0, 0.05) is 6.42 Å². The van der Waals surface area contributed by atoms with Crippen LogP contribution in [0.1, 0.15) is 109 Å². The van der Waals surface area contributed by atoms with Gasteiger partial charge in [0.25, 0.3) is 0 Å². The molecular formula is C22H41N2O2+. The number of rotatable bonds is 19. The van der Waals surface area contributed by atoms with E-state index in [4.69, 9.17) is 5.11 Å².